The lowest BCUT2D eigenvalue weighted by molar-refractivity contribution is -0.684. The van der Waals surface area contributed by atoms with Gasteiger partial charge in [-0.3, -0.25) is 4.79 Å². The zero-order valence-electron chi connectivity index (χ0n) is 36.1. The van der Waals surface area contributed by atoms with Crippen molar-refractivity contribution < 1.29 is 119 Å². The summed E-state index contributed by atoms with van der Waals surface area (Å²) >= 11 is 0. The molecule has 0 aliphatic carbocycles. The number of nitrogens with zero attached hydrogens (tertiary/aromatic N) is 2. The summed E-state index contributed by atoms with van der Waals surface area (Å²) in [4.78, 5) is 15.9. The Morgan fingerprint density at radius 2 is 0.689 bits per heavy atom. The number of benzene rings is 5. The molecule has 1 heterocycles. The van der Waals surface area contributed by atoms with Gasteiger partial charge in [-0.05, 0) is 24.3 Å². The number of ketones is 1. The fraction of sp³-hybridized carbons (Fsp3) is 0.222. The van der Waals surface area contributed by atoms with Gasteiger partial charge in [-0.1, -0.05) is 78.9 Å². The van der Waals surface area contributed by atoms with Crippen LogP contribution in [0, 0.1) is 0 Å². The van der Waals surface area contributed by atoms with E-state index >= 15 is 0 Å². The SMILES string of the molecule is COc1c[n+](CC(=O)c2ccccc2)ccn1.FC(F)(F)c1cc([B-](c2cc(C(F)(F)F)cc(C(F)(F)F)c2)(c2cc(C(F)(F)F)cc(C(F)(F)F)c2)c2cc(C(F)(F)F)cc(C(F)(F)F)c2)cc(C(F)(F)F)c1. The summed E-state index contributed by atoms with van der Waals surface area (Å²) in [5.74, 6) is 0.553. The topological polar surface area (TPSA) is 43.1 Å². The smallest absolute Gasteiger partial charge is 0.416 e. The maximum atomic E-state index is 14.2. The van der Waals surface area contributed by atoms with E-state index in [1.165, 1.54) is 0 Å². The second-order valence-electron chi connectivity index (χ2n) is 15.8. The highest BCUT2D eigenvalue weighted by Gasteiger charge is 2.47. The lowest BCUT2D eigenvalue weighted by Gasteiger charge is -2.46. The number of alkyl halides is 24. The molecule has 1 aromatic heterocycles. The molecule has 0 aliphatic heterocycles. The van der Waals surface area contributed by atoms with Crippen LogP contribution in [0.5, 0.6) is 5.88 Å². The summed E-state index contributed by atoms with van der Waals surface area (Å²) in [6.45, 7) is 0.281. The molecule has 0 bridgehead atoms. The van der Waals surface area contributed by atoms with Crippen molar-refractivity contribution in [3.63, 3.8) is 0 Å². The first kappa shape index (κ1) is 57.9. The number of methoxy groups -OCH3 is 1. The third kappa shape index (κ3) is 13.4. The van der Waals surface area contributed by atoms with Crippen molar-refractivity contribution in [3.8, 4) is 5.88 Å². The van der Waals surface area contributed by atoms with Crippen molar-refractivity contribution in [2.24, 2.45) is 0 Å². The van der Waals surface area contributed by atoms with Gasteiger partial charge in [0.15, 0.2) is 6.20 Å². The Hall–Kier alpha value is -6.97. The Bertz CT molecular complexity index is 2550. The van der Waals surface area contributed by atoms with E-state index in [2.05, 4.69) is 4.98 Å². The van der Waals surface area contributed by atoms with Crippen LogP contribution in [-0.2, 0) is 56.0 Å². The van der Waals surface area contributed by atoms with Gasteiger partial charge in [-0.15, -0.1) is 0 Å². The highest BCUT2D eigenvalue weighted by atomic mass is 19.4. The molecule has 5 aromatic carbocycles. The number of hydrogen-bond acceptors (Lipinski definition) is 3. The van der Waals surface area contributed by atoms with Gasteiger partial charge in [-0.2, -0.15) is 132 Å². The normalized spacial score (nSPS) is 13.3. The van der Waals surface area contributed by atoms with Crippen LogP contribution in [0.25, 0.3) is 0 Å². The number of Topliss-reactive ketones (excluding diaryl/α,β-unsaturated/α-hetero) is 1. The molecule has 0 spiro atoms. The highest BCUT2D eigenvalue weighted by Crippen LogP contribution is 2.41. The maximum Gasteiger partial charge on any atom is 0.416 e. The van der Waals surface area contributed by atoms with Crippen LogP contribution in [0.15, 0.2) is 122 Å². The minimum absolute atomic E-state index is 0.0591. The first-order chi connectivity index (χ1) is 33.6. The van der Waals surface area contributed by atoms with Crippen LogP contribution in [0.2, 0.25) is 0 Å². The lowest BCUT2D eigenvalue weighted by Crippen LogP contribution is -2.75. The Morgan fingerprint density at radius 1 is 0.432 bits per heavy atom. The average molecular weight is 1090 g/mol. The molecule has 0 saturated carbocycles. The van der Waals surface area contributed by atoms with Gasteiger partial charge in [0.05, 0.1) is 57.8 Å². The first-order valence-corrected chi connectivity index (χ1v) is 19.9. The standard InChI is InChI=1S/C32H12BF24.C13H13N2O2/c34-25(35,36)13-1-14(26(37,38)39)6-21(5-13)33(22-7-15(27(40,41)42)2-16(8-22)28(43,44)45,23-9-17(29(46,47)48)3-18(10-23)30(49,50)51)24-11-19(31(52,53)54)4-20(12-24)32(55,56)57;1-17-13-10-15(8-7-14-13)9-12(16)11-5-3-2-4-6-11/h1-12H;2-8,10H,9H2,1H3/q-1;+1. The zero-order valence-corrected chi connectivity index (χ0v) is 36.1. The van der Waals surface area contributed by atoms with Gasteiger partial charge in [0.2, 0.25) is 18.5 Å². The largest absolute Gasteiger partial charge is 0.477 e. The van der Waals surface area contributed by atoms with Gasteiger partial charge >= 0.3 is 49.4 Å². The number of aromatic nitrogens is 2. The van der Waals surface area contributed by atoms with Crippen molar-refractivity contribution in [2.75, 3.05) is 7.11 Å². The van der Waals surface area contributed by atoms with Gasteiger partial charge in [0, 0.05) is 5.56 Å². The molecule has 0 N–H and O–H groups in total. The van der Waals surface area contributed by atoms with E-state index in [9.17, 15) is 110 Å². The third-order valence-electron chi connectivity index (χ3n) is 10.8. The van der Waals surface area contributed by atoms with Crippen molar-refractivity contribution in [1.29, 1.82) is 0 Å². The summed E-state index contributed by atoms with van der Waals surface area (Å²) in [5, 5.41) is 0. The maximum absolute atomic E-state index is 14.2. The summed E-state index contributed by atoms with van der Waals surface area (Å²) in [6, 6.07) is 0.396. The molecule has 6 rings (SSSR count). The van der Waals surface area contributed by atoms with E-state index in [1.807, 2.05) is 18.2 Å². The predicted octanol–water partition coefficient (Wildman–Crippen LogP) is 12.5. The van der Waals surface area contributed by atoms with Crippen LogP contribution < -0.4 is 31.2 Å². The first-order valence-electron chi connectivity index (χ1n) is 19.9. The second kappa shape index (κ2) is 20.0. The molecular weight excluding hydrogens is 1070 g/mol. The molecule has 6 aromatic rings. The van der Waals surface area contributed by atoms with Crippen molar-refractivity contribution in [3.05, 3.63) is 172 Å². The Morgan fingerprint density at radius 3 is 0.919 bits per heavy atom. The quantitative estimate of drug-likeness (QED) is 0.0660. The van der Waals surface area contributed by atoms with Crippen LogP contribution >= 0.6 is 0 Å². The number of ether oxygens (including phenoxy) is 1. The second-order valence-corrected chi connectivity index (χ2v) is 15.8. The molecule has 0 aliphatic rings. The summed E-state index contributed by atoms with van der Waals surface area (Å²) in [6.07, 6.45) is -49.8. The van der Waals surface area contributed by atoms with Crippen LogP contribution in [0.1, 0.15) is 54.9 Å². The van der Waals surface area contributed by atoms with Gasteiger partial charge < -0.3 is 4.74 Å². The van der Waals surface area contributed by atoms with Crippen LogP contribution in [-0.4, -0.2) is 24.0 Å². The van der Waals surface area contributed by atoms with E-state index in [4.69, 9.17) is 4.74 Å². The zero-order chi connectivity index (χ0) is 56.0. The number of rotatable bonds is 8. The summed E-state index contributed by atoms with van der Waals surface area (Å²) in [5.41, 5.74) is -29.5. The minimum Gasteiger partial charge on any atom is -0.477 e. The Kier molecular flexibility index (Phi) is 15.7. The number of hydrogen-bond donors (Lipinski definition) is 0. The lowest BCUT2D eigenvalue weighted by atomic mass is 9.12. The fourth-order valence-corrected chi connectivity index (χ4v) is 7.57. The molecule has 0 unspecified atom stereocenters. The predicted molar refractivity (Wildman–Crippen MR) is 212 cm³/mol. The molecule has 74 heavy (non-hydrogen) atoms. The van der Waals surface area contributed by atoms with Crippen molar-refractivity contribution >= 4 is 33.8 Å². The molecule has 0 saturated heterocycles. The van der Waals surface area contributed by atoms with E-state index in [0.29, 0.717) is 11.4 Å². The van der Waals surface area contributed by atoms with E-state index in [-0.39, 0.29) is 12.3 Å². The van der Waals surface area contributed by atoms with Gasteiger partial charge in [0.25, 0.3) is 5.88 Å². The van der Waals surface area contributed by atoms with Gasteiger partial charge in [0.1, 0.15) is 6.15 Å². The highest BCUT2D eigenvalue weighted by molar-refractivity contribution is 7.20. The number of carbonyl (C=O) groups excluding carboxylic acids is 1. The van der Waals surface area contributed by atoms with Gasteiger partial charge in [-0.25, -0.2) is 4.98 Å². The van der Waals surface area contributed by atoms with E-state index in [1.54, 1.807) is 42.4 Å². The Labute approximate surface area is 398 Å². The fourth-order valence-electron chi connectivity index (χ4n) is 7.57. The summed E-state index contributed by atoms with van der Waals surface area (Å²) in [7, 11) is 1.55. The van der Waals surface area contributed by atoms with Crippen LogP contribution in [0.4, 0.5) is 105 Å². The molecule has 4 nitrogen and oxygen atoms in total. The molecule has 0 fully saturated rings. The monoisotopic (exact) mass is 1090 g/mol. The van der Waals surface area contributed by atoms with E-state index < -0.39 is 195 Å². The van der Waals surface area contributed by atoms with Crippen molar-refractivity contribution in [2.45, 2.75) is 56.0 Å². The third-order valence-corrected chi connectivity index (χ3v) is 10.8. The molecule has 29 heteroatoms. The number of carbonyl (C=O) groups is 1. The van der Waals surface area contributed by atoms with Crippen molar-refractivity contribution in [1.82, 2.24) is 4.98 Å². The molecule has 0 radical (unpaired) electrons. The van der Waals surface area contributed by atoms with Crippen LogP contribution in [0.3, 0.4) is 0 Å². The molecule has 0 atom stereocenters. The molecule has 0 amide bonds. The molecule has 398 valence electrons. The van der Waals surface area contributed by atoms with E-state index in [0.717, 1.165) is 0 Å². The Balaban J connectivity index is 0.000000500. The average Bonchev–Trinajstić information content (AvgIpc) is 3.27. The number of halogens is 24. The molecular formula is C45H25BF24N2O2. The minimum atomic E-state index is -6.13. The summed E-state index contributed by atoms with van der Waals surface area (Å²) < 4.78 is 348.